The summed E-state index contributed by atoms with van der Waals surface area (Å²) in [5, 5.41) is 9.16. The van der Waals surface area contributed by atoms with Gasteiger partial charge in [-0.2, -0.15) is 0 Å². The zero-order valence-corrected chi connectivity index (χ0v) is 10.2. The zero-order valence-electron chi connectivity index (χ0n) is 10.2. The molecule has 0 radical (unpaired) electrons. The van der Waals surface area contributed by atoms with Gasteiger partial charge in [-0.3, -0.25) is 4.79 Å². The lowest BCUT2D eigenvalue weighted by Gasteiger charge is -2.23. The highest BCUT2D eigenvalue weighted by Gasteiger charge is 2.19. The third-order valence-corrected chi connectivity index (χ3v) is 2.96. The van der Waals surface area contributed by atoms with Crippen LogP contribution in [0.2, 0.25) is 0 Å². The van der Waals surface area contributed by atoms with Crippen molar-refractivity contribution in [1.29, 1.82) is 0 Å². The largest absolute Gasteiger partial charge is 0.354 e. The monoisotopic (exact) mass is 251 g/mol. The van der Waals surface area contributed by atoms with Crippen LogP contribution in [0.15, 0.2) is 24.3 Å². The van der Waals surface area contributed by atoms with E-state index in [9.17, 15) is 9.18 Å². The third-order valence-electron chi connectivity index (χ3n) is 2.96. The molecule has 0 spiro atoms. The molecule has 98 valence electrons. The Morgan fingerprint density at radius 2 is 2.33 bits per heavy atom. The predicted molar refractivity (Wildman–Crippen MR) is 67.8 cm³/mol. The second-order valence-corrected chi connectivity index (χ2v) is 4.38. The lowest BCUT2D eigenvalue weighted by Crippen LogP contribution is -2.55. The van der Waals surface area contributed by atoms with E-state index < -0.39 is 0 Å². The van der Waals surface area contributed by atoms with Crippen LogP contribution >= 0.6 is 0 Å². The lowest BCUT2D eigenvalue weighted by atomic mass is 10.1. The molecule has 2 rings (SSSR count). The fourth-order valence-electron chi connectivity index (χ4n) is 1.98. The summed E-state index contributed by atoms with van der Waals surface area (Å²) in [5.41, 5.74) is 0.894. The summed E-state index contributed by atoms with van der Waals surface area (Å²) in [6.45, 7) is 2.89. The maximum atomic E-state index is 12.9. The molecule has 5 heteroatoms. The quantitative estimate of drug-likeness (QED) is 0.708. The first-order valence-electron chi connectivity index (χ1n) is 6.22. The summed E-state index contributed by atoms with van der Waals surface area (Å²) < 4.78 is 12.9. The third kappa shape index (κ3) is 3.78. The fourth-order valence-corrected chi connectivity index (χ4v) is 1.98. The molecule has 1 aliphatic heterocycles. The zero-order chi connectivity index (χ0) is 12.8. The van der Waals surface area contributed by atoms with Crippen LogP contribution in [0.3, 0.4) is 0 Å². The number of benzene rings is 1. The van der Waals surface area contributed by atoms with Crippen LogP contribution in [0.4, 0.5) is 4.39 Å². The number of amides is 1. The average Bonchev–Trinajstić information content (AvgIpc) is 2.40. The van der Waals surface area contributed by atoms with Crippen molar-refractivity contribution in [2.75, 3.05) is 26.2 Å². The minimum Gasteiger partial charge on any atom is -0.354 e. The van der Waals surface area contributed by atoms with Gasteiger partial charge in [0, 0.05) is 26.2 Å². The van der Waals surface area contributed by atoms with Crippen LogP contribution < -0.4 is 16.0 Å². The summed E-state index contributed by atoms with van der Waals surface area (Å²) in [6.07, 6.45) is 0.643. The van der Waals surface area contributed by atoms with Crippen molar-refractivity contribution in [3.63, 3.8) is 0 Å². The van der Waals surface area contributed by atoms with Gasteiger partial charge in [-0.05, 0) is 24.1 Å². The number of hydrogen-bond acceptors (Lipinski definition) is 3. The van der Waals surface area contributed by atoms with Crippen LogP contribution in [0, 0.1) is 5.82 Å². The van der Waals surface area contributed by atoms with E-state index in [1.807, 2.05) is 6.07 Å². The van der Waals surface area contributed by atoms with E-state index >= 15 is 0 Å². The van der Waals surface area contributed by atoms with Crippen molar-refractivity contribution in [3.05, 3.63) is 35.6 Å². The SMILES string of the molecule is O=C(NCCc1cccc(F)c1)C1CNCCN1. The molecule has 1 saturated heterocycles. The van der Waals surface area contributed by atoms with E-state index in [2.05, 4.69) is 16.0 Å². The maximum absolute atomic E-state index is 12.9. The molecular weight excluding hydrogens is 233 g/mol. The molecule has 1 heterocycles. The number of nitrogens with one attached hydrogen (secondary N) is 3. The molecule has 0 saturated carbocycles. The smallest absolute Gasteiger partial charge is 0.238 e. The average molecular weight is 251 g/mol. The molecule has 1 unspecified atom stereocenters. The predicted octanol–water partition coefficient (Wildman–Crippen LogP) is 0.0458. The van der Waals surface area contributed by atoms with Gasteiger partial charge in [-0.25, -0.2) is 4.39 Å². The van der Waals surface area contributed by atoms with Gasteiger partial charge in [0.2, 0.25) is 5.91 Å². The van der Waals surface area contributed by atoms with Crippen molar-refractivity contribution in [3.8, 4) is 0 Å². The van der Waals surface area contributed by atoms with Gasteiger partial charge < -0.3 is 16.0 Å². The Labute approximate surface area is 106 Å². The minimum absolute atomic E-state index is 0.00129. The second-order valence-electron chi connectivity index (χ2n) is 4.38. The lowest BCUT2D eigenvalue weighted by molar-refractivity contribution is -0.123. The molecule has 1 aromatic rings. The Kier molecular flexibility index (Phi) is 4.66. The van der Waals surface area contributed by atoms with Gasteiger partial charge in [-0.1, -0.05) is 12.1 Å². The number of rotatable bonds is 4. The first kappa shape index (κ1) is 13.0. The van der Waals surface area contributed by atoms with E-state index in [1.165, 1.54) is 12.1 Å². The molecule has 1 atom stereocenters. The van der Waals surface area contributed by atoms with Crippen molar-refractivity contribution < 1.29 is 9.18 Å². The molecule has 1 aromatic carbocycles. The molecule has 3 N–H and O–H groups in total. The Hall–Kier alpha value is -1.46. The van der Waals surface area contributed by atoms with Crippen LogP contribution in [0.5, 0.6) is 0 Å². The number of halogens is 1. The normalized spacial score (nSPS) is 19.5. The first-order valence-corrected chi connectivity index (χ1v) is 6.22. The second kappa shape index (κ2) is 6.47. The molecule has 0 aliphatic carbocycles. The van der Waals surface area contributed by atoms with Gasteiger partial charge in [0.15, 0.2) is 0 Å². The van der Waals surface area contributed by atoms with Crippen LogP contribution in [0.1, 0.15) is 5.56 Å². The Balaban J connectivity index is 1.73. The van der Waals surface area contributed by atoms with Crippen molar-refractivity contribution in [1.82, 2.24) is 16.0 Å². The van der Waals surface area contributed by atoms with Crippen LogP contribution in [0.25, 0.3) is 0 Å². The summed E-state index contributed by atoms with van der Waals surface area (Å²) in [6, 6.07) is 6.28. The molecule has 4 nitrogen and oxygen atoms in total. The van der Waals surface area contributed by atoms with E-state index in [1.54, 1.807) is 6.07 Å². The summed E-state index contributed by atoms with van der Waals surface area (Å²) in [7, 11) is 0. The number of carbonyl (C=O) groups excluding carboxylic acids is 1. The standard InChI is InChI=1S/C13H18FN3O/c14-11-3-1-2-10(8-11)4-5-17-13(18)12-9-15-6-7-16-12/h1-3,8,12,15-16H,4-7,9H2,(H,17,18). The topological polar surface area (TPSA) is 53.2 Å². The molecule has 1 amide bonds. The van der Waals surface area contributed by atoms with Gasteiger partial charge in [0.25, 0.3) is 0 Å². The van der Waals surface area contributed by atoms with Crippen molar-refractivity contribution >= 4 is 5.91 Å². The first-order chi connectivity index (χ1) is 8.75. The summed E-state index contributed by atoms with van der Waals surface area (Å²) in [4.78, 5) is 11.8. The van der Waals surface area contributed by atoms with Crippen molar-refractivity contribution in [2.24, 2.45) is 0 Å². The highest BCUT2D eigenvalue weighted by molar-refractivity contribution is 5.82. The Bertz CT molecular complexity index is 405. The number of piperazine rings is 1. The Morgan fingerprint density at radius 3 is 3.06 bits per heavy atom. The van der Waals surface area contributed by atoms with Gasteiger partial charge in [0.05, 0.1) is 6.04 Å². The molecule has 1 aliphatic rings. The van der Waals surface area contributed by atoms with E-state index in [4.69, 9.17) is 0 Å². The molecule has 0 aromatic heterocycles. The highest BCUT2D eigenvalue weighted by Crippen LogP contribution is 2.03. The maximum Gasteiger partial charge on any atom is 0.238 e. The molecule has 1 fully saturated rings. The fraction of sp³-hybridized carbons (Fsp3) is 0.462. The van der Waals surface area contributed by atoms with Gasteiger partial charge in [-0.15, -0.1) is 0 Å². The number of hydrogen-bond donors (Lipinski definition) is 3. The molecule has 0 bridgehead atoms. The van der Waals surface area contributed by atoms with E-state index in [0.717, 1.165) is 18.7 Å². The van der Waals surface area contributed by atoms with Gasteiger partial charge in [0.1, 0.15) is 5.82 Å². The summed E-state index contributed by atoms with van der Waals surface area (Å²) >= 11 is 0. The van der Waals surface area contributed by atoms with E-state index in [0.29, 0.717) is 19.5 Å². The highest BCUT2D eigenvalue weighted by atomic mass is 19.1. The minimum atomic E-state index is -0.239. The molecule has 18 heavy (non-hydrogen) atoms. The molecular formula is C13H18FN3O. The van der Waals surface area contributed by atoms with Gasteiger partial charge >= 0.3 is 0 Å². The van der Waals surface area contributed by atoms with Crippen molar-refractivity contribution in [2.45, 2.75) is 12.5 Å². The Morgan fingerprint density at radius 1 is 1.44 bits per heavy atom. The number of carbonyl (C=O) groups is 1. The van der Waals surface area contributed by atoms with Crippen LogP contribution in [-0.4, -0.2) is 38.1 Å². The summed E-state index contributed by atoms with van der Waals surface area (Å²) in [5.74, 6) is -0.240. The van der Waals surface area contributed by atoms with Crippen LogP contribution in [-0.2, 0) is 11.2 Å². The van der Waals surface area contributed by atoms with E-state index in [-0.39, 0.29) is 17.8 Å².